The van der Waals surface area contributed by atoms with Crippen molar-refractivity contribution in [1.82, 2.24) is 4.90 Å². The van der Waals surface area contributed by atoms with Crippen LogP contribution in [0.3, 0.4) is 0 Å². The monoisotopic (exact) mass is 455 g/mol. The van der Waals surface area contributed by atoms with Crippen molar-refractivity contribution in [1.29, 1.82) is 0 Å². The van der Waals surface area contributed by atoms with Crippen molar-refractivity contribution >= 4 is 18.1 Å². The first-order chi connectivity index (χ1) is 16.5. The molecule has 1 aliphatic rings. The summed E-state index contributed by atoms with van der Waals surface area (Å²) in [5.41, 5.74) is 5.49. The molecule has 1 N–H and O–H groups in total. The summed E-state index contributed by atoms with van der Waals surface area (Å²) in [6, 6.07) is 25.9. The number of carbonyl (C=O) groups is 2. The van der Waals surface area contributed by atoms with Crippen LogP contribution in [0.15, 0.2) is 85.1 Å². The minimum Gasteiger partial charge on any atom is -0.481 e. The predicted octanol–water partition coefficient (Wildman–Crippen LogP) is 6.27. The van der Waals surface area contributed by atoms with Crippen LogP contribution in [0.25, 0.3) is 17.2 Å². The van der Waals surface area contributed by atoms with E-state index in [9.17, 15) is 14.7 Å². The molecule has 1 atom stereocenters. The molecule has 1 amide bonds. The van der Waals surface area contributed by atoms with Gasteiger partial charge in [0.2, 0.25) is 0 Å². The molecule has 1 aliphatic carbocycles. The molecule has 4 rings (SSSR count). The number of fused-ring (bicyclic) bond motifs is 3. The topological polar surface area (TPSA) is 66.8 Å². The van der Waals surface area contributed by atoms with Gasteiger partial charge in [0.1, 0.15) is 6.61 Å². The van der Waals surface area contributed by atoms with Gasteiger partial charge >= 0.3 is 12.1 Å². The maximum absolute atomic E-state index is 13.2. The lowest BCUT2D eigenvalue weighted by Crippen LogP contribution is -2.37. The summed E-state index contributed by atoms with van der Waals surface area (Å²) in [5.74, 6) is -1.83. The number of ether oxygens (including phenoxy) is 1. The van der Waals surface area contributed by atoms with E-state index in [1.807, 2.05) is 68.4 Å². The highest BCUT2D eigenvalue weighted by atomic mass is 16.6. The van der Waals surface area contributed by atoms with Crippen molar-refractivity contribution in [3.63, 3.8) is 0 Å². The molecule has 0 radical (unpaired) electrons. The van der Waals surface area contributed by atoms with E-state index in [0.717, 1.165) is 27.8 Å². The van der Waals surface area contributed by atoms with Gasteiger partial charge in [0.05, 0.1) is 5.92 Å². The highest BCUT2D eigenvalue weighted by Gasteiger charge is 2.31. The normalized spacial score (nSPS) is 13.5. The Hall–Kier alpha value is -3.86. The summed E-state index contributed by atoms with van der Waals surface area (Å²) in [6.45, 7) is 3.90. The molecule has 0 aromatic heterocycles. The van der Waals surface area contributed by atoms with E-state index in [2.05, 4.69) is 24.3 Å². The van der Waals surface area contributed by atoms with E-state index in [4.69, 9.17) is 4.74 Å². The first-order valence-corrected chi connectivity index (χ1v) is 11.5. The van der Waals surface area contributed by atoms with Gasteiger partial charge in [-0.3, -0.25) is 9.69 Å². The van der Waals surface area contributed by atoms with Crippen LogP contribution in [0.1, 0.15) is 36.5 Å². The van der Waals surface area contributed by atoms with E-state index in [1.54, 1.807) is 12.3 Å². The third-order valence-electron chi connectivity index (χ3n) is 6.33. The van der Waals surface area contributed by atoms with Gasteiger partial charge in [-0.1, -0.05) is 92.7 Å². The van der Waals surface area contributed by atoms with Gasteiger partial charge in [0.15, 0.2) is 0 Å². The van der Waals surface area contributed by atoms with Gasteiger partial charge in [0, 0.05) is 18.7 Å². The number of amides is 1. The number of carboxylic acid groups (broad SMARTS) is 1. The molecular formula is C29H29NO4. The summed E-state index contributed by atoms with van der Waals surface area (Å²) >= 11 is 0. The minimum absolute atomic E-state index is 0.0347. The molecule has 0 heterocycles. The maximum atomic E-state index is 13.2. The number of carboxylic acids is 1. The molecule has 3 aromatic rings. The molecule has 34 heavy (non-hydrogen) atoms. The largest absolute Gasteiger partial charge is 0.481 e. The fourth-order valence-electron chi connectivity index (χ4n) is 4.40. The quantitative estimate of drug-likeness (QED) is 0.435. The Bertz CT molecular complexity index is 1140. The number of hydrogen-bond acceptors (Lipinski definition) is 3. The number of nitrogens with zero attached hydrogens (tertiary/aromatic N) is 1. The molecule has 1 unspecified atom stereocenters. The summed E-state index contributed by atoms with van der Waals surface area (Å²) in [7, 11) is 0. The van der Waals surface area contributed by atoms with Crippen molar-refractivity contribution < 1.29 is 19.4 Å². The van der Waals surface area contributed by atoms with E-state index in [0.29, 0.717) is 0 Å². The van der Waals surface area contributed by atoms with E-state index in [-0.39, 0.29) is 25.0 Å². The third-order valence-corrected chi connectivity index (χ3v) is 6.33. The van der Waals surface area contributed by atoms with Gasteiger partial charge in [-0.25, -0.2) is 4.79 Å². The Morgan fingerprint density at radius 1 is 0.912 bits per heavy atom. The van der Waals surface area contributed by atoms with Crippen LogP contribution in [0.5, 0.6) is 0 Å². The second-order valence-corrected chi connectivity index (χ2v) is 8.87. The number of benzene rings is 3. The predicted molar refractivity (Wildman–Crippen MR) is 133 cm³/mol. The van der Waals surface area contributed by atoms with Crippen molar-refractivity contribution in [3.8, 4) is 11.1 Å². The van der Waals surface area contributed by atoms with Crippen LogP contribution in [0.2, 0.25) is 0 Å². The lowest BCUT2D eigenvalue weighted by Gasteiger charge is -2.25. The lowest BCUT2D eigenvalue weighted by atomic mass is 9.95. The molecule has 5 nitrogen and oxygen atoms in total. The van der Waals surface area contributed by atoms with E-state index in [1.165, 1.54) is 4.90 Å². The van der Waals surface area contributed by atoms with Crippen LogP contribution in [0, 0.1) is 11.8 Å². The van der Waals surface area contributed by atoms with Crippen molar-refractivity contribution in [2.75, 3.05) is 13.2 Å². The third kappa shape index (κ3) is 5.04. The van der Waals surface area contributed by atoms with Crippen LogP contribution < -0.4 is 0 Å². The molecule has 0 spiro atoms. The molecule has 5 heteroatoms. The zero-order chi connectivity index (χ0) is 24.1. The Morgan fingerprint density at radius 3 is 2.03 bits per heavy atom. The average molecular weight is 456 g/mol. The molecule has 0 fully saturated rings. The summed E-state index contributed by atoms with van der Waals surface area (Å²) in [5, 5.41) is 9.68. The number of hydrogen-bond donors (Lipinski definition) is 1. The Morgan fingerprint density at radius 2 is 1.47 bits per heavy atom. The zero-order valence-corrected chi connectivity index (χ0v) is 19.4. The van der Waals surface area contributed by atoms with Gasteiger partial charge in [-0.2, -0.15) is 0 Å². The maximum Gasteiger partial charge on any atom is 0.413 e. The minimum atomic E-state index is -0.931. The summed E-state index contributed by atoms with van der Waals surface area (Å²) < 4.78 is 5.79. The second kappa shape index (κ2) is 10.4. The number of carbonyl (C=O) groups excluding carboxylic acids is 1. The second-order valence-electron chi connectivity index (χ2n) is 8.87. The van der Waals surface area contributed by atoms with E-state index >= 15 is 0 Å². The van der Waals surface area contributed by atoms with Crippen LogP contribution in [-0.2, 0) is 9.53 Å². The smallest absolute Gasteiger partial charge is 0.413 e. The fraction of sp³-hybridized carbons (Fsp3) is 0.241. The van der Waals surface area contributed by atoms with Crippen LogP contribution >= 0.6 is 0 Å². The fourth-order valence-corrected chi connectivity index (χ4v) is 4.40. The van der Waals surface area contributed by atoms with Crippen molar-refractivity contribution in [2.45, 2.75) is 19.8 Å². The summed E-state index contributed by atoms with van der Waals surface area (Å²) in [4.78, 5) is 26.4. The molecular weight excluding hydrogens is 426 g/mol. The first kappa shape index (κ1) is 23.3. The summed E-state index contributed by atoms with van der Waals surface area (Å²) in [6.07, 6.45) is 2.86. The Kier molecular flexibility index (Phi) is 7.12. The van der Waals surface area contributed by atoms with Crippen molar-refractivity contribution in [3.05, 3.63) is 102 Å². The Labute approximate surface area is 200 Å². The average Bonchev–Trinajstić information content (AvgIpc) is 3.16. The molecule has 174 valence electrons. The number of rotatable bonds is 8. The highest BCUT2D eigenvalue weighted by molar-refractivity contribution is 5.79. The van der Waals surface area contributed by atoms with Gasteiger partial charge in [-0.15, -0.1) is 0 Å². The van der Waals surface area contributed by atoms with Gasteiger partial charge in [-0.05, 0) is 39.8 Å². The van der Waals surface area contributed by atoms with Gasteiger partial charge < -0.3 is 9.84 Å². The van der Waals surface area contributed by atoms with Gasteiger partial charge in [0.25, 0.3) is 0 Å². The Balaban J connectivity index is 1.54. The lowest BCUT2D eigenvalue weighted by molar-refractivity contribution is -0.143. The molecule has 3 aromatic carbocycles. The zero-order valence-electron chi connectivity index (χ0n) is 19.4. The highest BCUT2D eigenvalue weighted by Crippen LogP contribution is 2.44. The SMILES string of the molecule is CC(C)C(CN(/C=C/c1ccccc1)C(=O)OCC1c2ccccc2-c2ccccc21)C(=O)O. The molecule has 0 saturated carbocycles. The van der Waals surface area contributed by atoms with Crippen molar-refractivity contribution in [2.24, 2.45) is 11.8 Å². The first-order valence-electron chi connectivity index (χ1n) is 11.5. The standard InChI is InChI=1S/C29H29NO4/c1-20(2)26(28(31)32)18-30(17-16-21-10-4-3-5-11-21)29(33)34-19-27-24-14-8-6-12-22(24)23-13-7-9-15-25(23)27/h3-17,20,26-27H,18-19H2,1-2H3,(H,31,32)/b17-16+. The van der Waals surface area contributed by atoms with Crippen LogP contribution in [0.4, 0.5) is 4.79 Å². The van der Waals surface area contributed by atoms with Crippen LogP contribution in [-0.4, -0.2) is 35.2 Å². The number of aliphatic carboxylic acids is 1. The molecule has 0 aliphatic heterocycles. The molecule has 0 bridgehead atoms. The van der Waals surface area contributed by atoms with E-state index < -0.39 is 18.0 Å². The molecule has 0 saturated heterocycles.